The molecule has 5 heteroatoms. The van der Waals surface area contributed by atoms with Crippen molar-refractivity contribution in [3.05, 3.63) is 29.8 Å². The first-order valence-corrected chi connectivity index (χ1v) is 6.24. The molecule has 1 amide bonds. The Morgan fingerprint density at radius 1 is 1.37 bits per heavy atom. The van der Waals surface area contributed by atoms with Crippen molar-refractivity contribution < 1.29 is 14.3 Å². The van der Waals surface area contributed by atoms with E-state index in [0.717, 1.165) is 0 Å². The average Bonchev–Trinajstić information content (AvgIpc) is 2.48. The number of benzene rings is 1. The summed E-state index contributed by atoms with van der Waals surface area (Å²) < 4.78 is 10.8. The summed E-state index contributed by atoms with van der Waals surface area (Å²) in [5, 5.41) is 8.71. The van der Waals surface area contributed by atoms with Crippen LogP contribution in [0.15, 0.2) is 24.3 Å². The van der Waals surface area contributed by atoms with Gasteiger partial charge in [-0.15, -0.1) is 0 Å². The quantitative estimate of drug-likeness (QED) is 0.818. The molecule has 1 heterocycles. The van der Waals surface area contributed by atoms with Gasteiger partial charge in [-0.3, -0.25) is 4.79 Å². The van der Waals surface area contributed by atoms with E-state index in [1.165, 1.54) is 0 Å². The third-order valence-corrected chi connectivity index (χ3v) is 2.97. The van der Waals surface area contributed by atoms with Gasteiger partial charge in [0.2, 0.25) is 0 Å². The summed E-state index contributed by atoms with van der Waals surface area (Å²) >= 11 is 0. The number of carbonyl (C=O) groups is 1. The van der Waals surface area contributed by atoms with E-state index in [1.54, 1.807) is 36.1 Å². The Labute approximate surface area is 112 Å². The second-order valence-corrected chi connectivity index (χ2v) is 4.33. The zero-order valence-electron chi connectivity index (χ0n) is 10.8. The minimum absolute atomic E-state index is 0.0346. The van der Waals surface area contributed by atoms with Crippen molar-refractivity contribution in [2.75, 3.05) is 26.3 Å². The van der Waals surface area contributed by atoms with Crippen molar-refractivity contribution in [2.45, 2.75) is 13.0 Å². The molecule has 1 aromatic rings. The first kappa shape index (κ1) is 13.4. The molecule has 2 rings (SSSR count). The lowest BCUT2D eigenvalue weighted by Gasteiger charge is -2.29. The SMILES string of the molecule is CC(Oc1ccc(C#N)cc1)C(=O)N1CCOCC1. The predicted octanol–water partition coefficient (Wildman–Crippen LogP) is 1.18. The highest BCUT2D eigenvalue weighted by atomic mass is 16.5. The van der Waals surface area contributed by atoms with Gasteiger partial charge in [-0.05, 0) is 31.2 Å². The van der Waals surface area contributed by atoms with Gasteiger partial charge in [-0.25, -0.2) is 0 Å². The molecule has 100 valence electrons. The summed E-state index contributed by atoms with van der Waals surface area (Å²) in [7, 11) is 0. The number of ether oxygens (including phenoxy) is 2. The van der Waals surface area contributed by atoms with Gasteiger partial charge in [0.05, 0.1) is 24.8 Å². The van der Waals surface area contributed by atoms with E-state index in [1.807, 2.05) is 6.07 Å². The lowest BCUT2D eigenvalue weighted by Crippen LogP contribution is -2.46. The number of amides is 1. The topological polar surface area (TPSA) is 62.6 Å². The van der Waals surface area contributed by atoms with Gasteiger partial charge in [0.15, 0.2) is 6.10 Å². The fraction of sp³-hybridized carbons (Fsp3) is 0.429. The fourth-order valence-corrected chi connectivity index (χ4v) is 1.90. The second kappa shape index (κ2) is 6.21. The van der Waals surface area contributed by atoms with Crippen LogP contribution in [-0.4, -0.2) is 43.2 Å². The molecule has 19 heavy (non-hydrogen) atoms. The van der Waals surface area contributed by atoms with Crippen LogP contribution < -0.4 is 4.74 Å². The maximum atomic E-state index is 12.1. The van der Waals surface area contributed by atoms with E-state index in [4.69, 9.17) is 14.7 Å². The largest absolute Gasteiger partial charge is 0.481 e. The number of nitriles is 1. The highest BCUT2D eigenvalue weighted by molar-refractivity contribution is 5.81. The van der Waals surface area contributed by atoms with E-state index in [2.05, 4.69) is 0 Å². The highest BCUT2D eigenvalue weighted by Gasteiger charge is 2.23. The Kier molecular flexibility index (Phi) is 4.37. The van der Waals surface area contributed by atoms with Crippen LogP contribution in [0.4, 0.5) is 0 Å². The van der Waals surface area contributed by atoms with Crippen molar-refractivity contribution in [1.29, 1.82) is 5.26 Å². The standard InChI is InChI=1S/C14H16N2O3/c1-11(14(17)16-6-8-18-9-7-16)19-13-4-2-12(10-15)3-5-13/h2-5,11H,6-9H2,1H3. The Morgan fingerprint density at radius 2 is 2.00 bits per heavy atom. The second-order valence-electron chi connectivity index (χ2n) is 4.33. The normalized spacial score (nSPS) is 16.5. The maximum absolute atomic E-state index is 12.1. The van der Waals surface area contributed by atoms with E-state index < -0.39 is 6.10 Å². The van der Waals surface area contributed by atoms with Crippen molar-refractivity contribution >= 4 is 5.91 Å². The molecule has 5 nitrogen and oxygen atoms in total. The molecule has 1 aliphatic rings. The Hall–Kier alpha value is -2.06. The maximum Gasteiger partial charge on any atom is 0.263 e. The van der Waals surface area contributed by atoms with Crippen LogP contribution in [0.25, 0.3) is 0 Å². The number of carbonyl (C=O) groups excluding carboxylic acids is 1. The molecular formula is C14H16N2O3. The monoisotopic (exact) mass is 260 g/mol. The van der Waals surface area contributed by atoms with Gasteiger partial charge in [-0.2, -0.15) is 5.26 Å². The third-order valence-electron chi connectivity index (χ3n) is 2.97. The fourth-order valence-electron chi connectivity index (χ4n) is 1.90. The van der Waals surface area contributed by atoms with Crippen LogP contribution in [0.2, 0.25) is 0 Å². The molecule has 0 bridgehead atoms. The van der Waals surface area contributed by atoms with Crippen LogP contribution in [0, 0.1) is 11.3 Å². The highest BCUT2D eigenvalue weighted by Crippen LogP contribution is 2.14. The molecule has 0 radical (unpaired) electrons. The average molecular weight is 260 g/mol. The van der Waals surface area contributed by atoms with Crippen molar-refractivity contribution in [3.8, 4) is 11.8 Å². The van der Waals surface area contributed by atoms with Gasteiger partial charge in [-0.1, -0.05) is 0 Å². The summed E-state index contributed by atoms with van der Waals surface area (Å²) in [4.78, 5) is 13.9. The Bertz CT molecular complexity index is 472. The lowest BCUT2D eigenvalue weighted by molar-refractivity contribution is -0.142. The van der Waals surface area contributed by atoms with E-state index >= 15 is 0 Å². The van der Waals surface area contributed by atoms with E-state index in [0.29, 0.717) is 37.6 Å². The zero-order valence-corrected chi connectivity index (χ0v) is 10.8. The number of hydrogen-bond acceptors (Lipinski definition) is 4. The first-order valence-electron chi connectivity index (χ1n) is 6.24. The molecule has 1 aromatic carbocycles. The number of nitrogens with zero attached hydrogens (tertiary/aromatic N) is 2. The molecule has 0 spiro atoms. The molecule has 0 saturated carbocycles. The van der Waals surface area contributed by atoms with Crippen molar-refractivity contribution in [2.24, 2.45) is 0 Å². The first-order chi connectivity index (χ1) is 9.20. The van der Waals surface area contributed by atoms with Gasteiger partial charge in [0, 0.05) is 13.1 Å². The van der Waals surface area contributed by atoms with Crippen LogP contribution >= 0.6 is 0 Å². The molecule has 1 atom stereocenters. The molecule has 0 aromatic heterocycles. The molecular weight excluding hydrogens is 244 g/mol. The van der Waals surface area contributed by atoms with Crippen LogP contribution in [0.1, 0.15) is 12.5 Å². The van der Waals surface area contributed by atoms with Gasteiger partial charge in [0.25, 0.3) is 5.91 Å². The van der Waals surface area contributed by atoms with Gasteiger partial charge in [0.1, 0.15) is 5.75 Å². The van der Waals surface area contributed by atoms with Crippen LogP contribution in [-0.2, 0) is 9.53 Å². The molecule has 0 aliphatic carbocycles. The predicted molar refractivity (Wildman–Crippen MR) is 68.6 cm³/mol. The Morgan fingerprint density at radius 3 is 2.58 bits per heavy atom. The molecule has 1 aliphatic heterocycles. The number of morpholine rings is 1. The molecule has 1 fully saturated rings. The number of rotatable bonds is 3. The van der Waals surface area contributed by atoms with Crippen LogP contribution in [0.5, 0.6) is 5.75 Å². The Balaban J connectivity index is 1.93. The minimum Gasteiger partial charge on any atom is -0.481 e. The summed E-state index contributed by atoms with van der Waals surface area (Å²) in [6, 6.07) is 8.77. The summed E-state index contributed by atoms with van der Waals surface area (Å²) in [6.45, 7) is 4.11. The molecule has 1 saturated heterocycles. The summed E-state index contributed by atoms with van der Waals surface area (Å²) in [6.07, 6.45) is -0.536. The van der Waals surface area contributed by atoms with E-state index in [9.17, 15) is 4.79 Å². The molecule has 1 unspecified atom stereocenters. The zero-order chi connectivity index (χ0) is 13.7. The summed E-state index contributed by atoms with van der Waals surface area (Å²) in [5.74, 6) is 0.556. The van der Waals surface area contributed by atoms with Crippen molar-refractivity contribution in [3.63, 3.8) is 0 Å². The van der Waals surface area contributed by atoms with Crippen LogP contribution in [0.3, 0.4) is 0 Å². The number of hydrogen-bond donors (Lipinski definition) is 0. The lowest BCUT2D eigenvalue weighted by atomic mass is 10.2. The molecule has 0 N–H and O–H groups in total. The minimum atomic E-state index is -0.536. The van der Waals surface area contributed by atoms with Gasteiger partial charge < -0.3 is 14.4 Å². The third kappa shape index (κ3) is 3.46. The van der Waals surface area contributed by atoms with Crippen molar-refractivity contribution in [1.82, 2.24) is 4.90 Å². The van der Waals surface area contributed by atoms with Gasteiger partial charge >= 0.3 is 0 Å². The summed E-state index contributed by atoms with van der Waals surface area (Å²) in [5.41, 5.74) is 0.569. The smallest absolute Gasteiger partial charge is 0.263 e. The van der Waals surface area contributed by atoms with E-state index in [-0.39, 0.29) is 5.91 Å².